The maximum atomic E-state index is 13.1. The van der Waals surface area contributed by atoms with Gasteiger partial charge in [-0.3, -0.25) is 4.79 Å². The Balaban J connectivity index is 0.000000585. The Morgan fingerprint density at radius 3 is 2.15 bits per heavy atom. The SMILES string of the molecule is Cc1cc2ccc(C(=O)NCCN3CCCC3)cc2n1C1CCN(CCc2ccc(F)cc2)CC1.O=C(O)C(=O)O. The second kappa shape index (κ2) is 14.2. The van der Waals surface area contributed by atoms with Gasteiger partial charge in [0.25, 0.3) is 5.91 Å². The minimum atomic E-state index is -1.82. The lowest BCUT2D eigenvalue weighted by Gasteiger charge is -2.34. The average Bonchev–Trinajstić information content (AvgIpc) is 3.60. The second-order valence-corrected chi connectivity index (χ2v) is 10.8. The number of hydrogen-bond acceptors (Lipinski definition) is 5. The van der Waals surface area contributed by atoms with E-state index in [1.807, 2.05) is 18.2 Å². The number of amides is 1. The zero-order valence-corrected chi connectivity index (χ0v) is 23.5. The summed E-state index contributed by atoms with van der Waals surface area (Å²) in [5.74, 6) is -3.80. The van der Waals surface area contributed by atoms with Gasteiger partial charge in [0.1, 0.15) is 5.82 Å². The van der Waals surface area contributed by atoms with Gasteiger partial charge in [0, 0.05) is 55.5 Å². The Hall–Kier alpha value is -3.76. The molecule has 0 saturated carbocycles. The maximum absolute atomic E-state index is 13.1. The fourth-order valence-electron chi connectivity index (χ4n) is 5.76. The Morgan fingerprint density at radius 2 is 1.51 bits per heavy atom. The van der Waals surface area contributed by atoms with Crippen LogP contribution in [0.2, 0.25) is 0 Å². The number of fused-ring (bicyclic) bond motifs is 1. The van der Waals surface area contributed by atoms with Crippen molar-refractivity contribution in [3.63, 3.8) is 0 Å². The molecule has 2 aromatic carbocycles. The van der Waals surface area contributed by atoms with Crippen molar-refractivity contribution in [2.24, 2.45) is 0 Å². The van der Waals surface area contributed by atoms with Gasteiger partial charge in [-0.25, -0.2) is 14.0 Å². The number of nitrogens with zero attached hydrogens (tertiary/aromatic N) is 3. The van der Waals surface area contributed by atoms with Crippen LogP contribution in [0.15, 0.2) is 48.5 Å². The number of benzene rings is 2. The Kier molecular flexibility index (Phi) is 10.5. The van der Waals surface area contributed by atoms with Crippen LogP contribution in [0.25, 0.3) is 10.9 Å². The van der Waals surface area contributed by atoms with Crippen molar-refractivity contribution in [2.75, 3.05) is 45.8 Å². The molecule has 41 heavy (non-hydrogen) atoms. The number of carboxylic acids is 2. The molecule has 220 valence electrons. The summed E-state index contributed by atoms with van der Waals surface area (Å²) in [5, 5.41) is 19.1. The molecule has 3 N–H and O–H groups in total. The van der Waals surface area contributed by atoms with Crippen molar-refractivity contribution in [1.29, 1.82) is 0 Å². The molecule has 2 aliphatic rings. The first kappa shape index (κ1) is 30.2. The van der Waals surface area contributed by atoms with Crippen molar-refractivity contribution in [1.82, 2.24) is 19.7 Å². The molecular weight excluding hydrogens is 527 g/mol. The second-order valence-electron chi connectivity index (χ2n) is 10.8. The van der Waals surface area contributed by atoms with E-state index in [1.54, 1.807) is 12.1 Å². The lowest BCUT2D eigenvalue weighted by atomic mass is 10.0. The zero-order valence-electron chi connectivity index (χ0n) is 23.5. The normalized spacial score (nSPS) is 16.3. The number of piperidine rings is 1. The predicted molar refractivity (Wildman–Crippen MR) is 155 cm³/mol. The standard InChI is InChI=1S/C29H37FN4O.C2H2O4/c1-22-20-24-6-7-25(29(35)31-13-19-32-14-2-3-15-32)21-28(24)34(22)27-11-17-33(18-12-27)16-10-23-4-8-26(30)9-5-23;3-1(4)2(5)6/h4-9,20-21,27H,2-3,10-19H2,1H3,(H,31,35);(H,3,4)(H,5,6). The van der Waals surface area contributed by atoms with Gasteiger partial charge in [-0.2, -0.15) is 0 Å². The highest BCUT2D eigenvalue weighted by Gasteiger charge is 2.23. The lowest BCUT2D eigenvalue weighted by Crippen LogP contribution is -2.36. The van der Waals surface area contributed by atoms with Crippen LogP contribution in [0, 0.1) is 12.7 Å². The van der Waals surface area contributed by atoms with Gasteiger partial charge in [0.2, 0.25) is 0 Å². The molecule has 0 radical (unpaired) electrons. The van der Waals surface area contributed by atoms with E-state index < -0.39 is 11.9 Å². The number of carbonyl (C=O) groups is 3. The van der Waals surface area contributed by atoms with Crippen molar-refractivity contribution in [2.45, 2.75) is 45.1 Å². The van der Waals surface area contributed by atoms with Crippen LogP contribution in [0.1, 0.15) is 53.3 Å². The largest absolute Gasteiger partial charge is 0.473 e. The summed E-state index contributed by atoms with van der Waals surface area (Å²) in [6.45, 7) is 9.24. The highest BCUT2D eigenvalue weighted by atomic mass is 19.1. The summed E-state index contributed by atoms with van der Waals surface area (Å²) in [4.78, 5) is 36.0. The molecule has 2 fully saturated rings. The monoisotopic (exact) mass is 566 g/mol. The number of nitrogens with one attached hydrogen (secondary N) is 1. The number of likely N-dealkylation sites (tertiary alicyclic amines) is 2. The molecule has 0 unspecified atom stereocenters. The quantitative estimate of drug-likeness (QED) is 0.354. The van der Waals surface area contributed by atoms with Crippen LogP contribution in [-0.4, -0.2) is 88.2 Å². The van der Waals surface area contributed by atoms with E-state index in [-0.39, 0.29) is 11.7 Å². The molecule has 10 heteroatoms. The van der Waals surface area contributed by atoms with Crippen molar-refractivity contribution < 1.29 is 29.0 Å². The molecule has 0 spiro atoms. The molecule has 2 saturated heterocycles. The molecule has 1 amide bonds. The minimum absolute atomic E-state index is 0.0205. The van der Waals surface area contributed by atoms with Gasteiger partial charge in [-0.1, -0.05) is 18.2 Å². The number of aromatic nitrogens is 1. The fraction of sp³-hybridized carbons (Fsp3) is 0.452. The molecule has 3 heterocycles. The first-order chi connectivity index (χ1) is 19.7. The van der Waals surface area contributed by atoms with Gasteiger partial charge < -0.3 is 29.9 Å². The van der Waals surface area contributed by atoms with Gasteiger partial charge in [-0.15, -0.1) is 0 Å². The minimum Gasteiger partial charge on any atom is -0.473 e. The van der Waals surface area contributed by atoms with Crippen LogP contribution in [-0.2, 0) is 16.0 Å². The number of hydrogen-bond donors (Lipinski definition) is 3. The molecule has 0 aliphatic carbocycles. The summed E-state index contributed by atoms with van der Waals surface area (Å²) in [6.07, 6.45) is 5.69. The van der Waals surface area contributed by atoms with E-state index in [0.717, 1.165) is 64.1 Å². The summed E-state index contributed by atoms with van der Waals surface area (Å²) >= 11 is 0. The van der Waals surface area contributed by atoms with Crippen LogP contribution in [0.4, 0.5) is 4.39 Å². The lowest BCUT2D eigenvalue weighted by molar-refractivity contribution is -0.159. The van der Waals surface area contributed by atoms with Gasteiger partial charge >= 0.3 is 11.9 Å². The third-order valence-electron chi connectivity index (χ3n) is 7.94. The number of aryl methyl sites for hydroxylation is 1. The summed E-state index contributed by atoms with van der Waals surface area (Å²) < 4.78 is 15.6. The topological polar surface area (TPSA) is 115 Å². The van der Waals surface area contributed by atoms with Crippen LogP contribution < -0.4 is 5.32 Å². The first-order valence-corrected chi connectivity index (χ1v) is 14.3. The molecule has 0 bridgehead atoms. The van der Waals surface area contributed by atoms with Gasteiger partial charge in [-0.05, 0) is 93.4 Å². The average molecular weight is 567 g/mol. The fourth-order valence-corrected chi connectivity index (χ4v) is 5.76. The molecule has 5 rings (SSSR count). The van der Waals surface area contributed by atoms with Crippen LogP contribution >= 0.6 is 0 Å². The molecular formula is C31H39FN4O5. The molecule has 9 nitrogen and oxygen atoms in total. The highest BCUT2D eigenvalue weighted by Crippen LogP contribution is 2.31. The van der Waals surface area contributed by atoms with Crippen LogP contribution in [0.5, 0.6) is 0 Å². The molecule has 1 aromatic heterocycles. The Morgan fingerprint density at radius 1 is 0.878 bits per heavy atom. The number of aliphatic carboxylic acids is 2. The molecule has 2 aliphatic heterocycles. The van der Waals surface area contributed by atoms with E-state index >= 15 is 0 Å². The van der Waals surface area contributed by atoms with E-state index in [4.69, 9.17) is 19.8 Å². The van der Waals surface area contributed by atoms with Crippen molar-refractivity contribution in [3.8, 4) is 0 Å². The summed E-state index contributed by atoms with van der Waals surface area (Å²) in [6, 6.07) is 15.7. The van der Waals surface area contributed by atoms with E-state index in [1.165, 1.54) is 35.0 Å². The highest BCUT2D eigenvalue weighted by molar-refractivity contribution is 6.27. The molecule has 0 atom stereocenters. The Labute approximate surface area is 239 Å². The Bertz CT molecular complexity index is 1330. The summed E-state index contributed by atoms with van der Waals surface area (Å²) in [5.41, 5.74) is 4.36. The van der Waals surface area contributed by atoms with E-state index in [0.29, 0.717) is 12.6 Å². The van der Waals surface area contributed by atoms with Crippen molar-refractivity contribution >= 4 is 28.7 Å². The predicted octanol–water partition coefficient (Wildman–Crippen LogP) is 3.95. The third kappa shape index (κ3) is 8.37. The number of carbonyl (C=O) groups excluding carboxylic acids is 1. The molecule has 3 aromatic rings. The van der Waals surface area contributed by atoms with E-state index in [2.05, 4.69) is 44.8 Å². The van der Waals surface area contributed by atoms with E-state index in [9.17, 15) is 9.18 Å². The number of rotatable bonds is 8. The smallest absolute Gasteiger partial charge is 0.414 e. The number of carboxylic acid groups (broad SMARTS) is 2. The summed E-state index contributed by atoms with van der Waals surface area (Å²) in [7, 11) is 0. The van der Waals surface area contributed by atoms with Gasteiger partial charge in [0.05, 0.1) is 0 Å². The van der Waals surface area contributed by atoms with Gasteiger partial charge in [0.15, 0.2) is 0 Å². The number of halogens is 1. The zero-order chi connectivity index (χ0) is 29.4. The maximum Gasteiger partial charge on any atom is 0.414 e. The first-order valence-electron chi connectivity index (χ1n) is 14.3. The van der Waals surface area contributed by atoms with Crippen molar-refractivity contribution in [3.05, 3.63) is 71.2 Å². The van der Waals surface area contributed by atoms with Crippen LogP contribution in [0.3, 0.4) is 0 Å². The third-order valence-corrected chi connectivity index (χ3v) is 7.94.